The van der Waals surface area contributed by atoms with Gasteiger partial charge in [-0.25, -0.2) is 9.59 Å². The predicted octanol–water partition coefficient (Wildman–Crippen LogP) is 2.27. The van der Waals surface area contributed by atoms with Crippen LogP contribution in [0.4, 0.5) is 4.79 Å². The zero-order valence-electron chi connectivity index (χ0n) is 11.4. The average molecular weight is 255 g/mol. The molecule has 1 aliphatic rings. The van der Waals surface area contributed by atoms with E-state index in [-0.39, 0.29) is 5.92 Å². The van der Waals surface area contributed by atoms with Crippen molar-refractivity contribution >= 4 is 12.1 Å². The molecule has 1 aliphatic carbocycles. The summed E-state index contributed by atoms with van der Waals surface area (Å²) in [6, 6.07) is 0. The second-order valence-electron chi connectivity index (χ2n) is 5.50. The standard InChI is InChI=1S/C13H21NO4/c1-6-9-8-13(9,10(15)16)14(7-2)11(17)18-12(3,4)5/h6,9H,1,7-8H2,2-5H3,(H,15,16). The molecule has 1 saturated carbocycles. The highest BCUT2D eigenvalue weighted by atomic mass is 16.6. The average Bonchev–Trinajstić information content (AvgIpc) is 2.91. The van der Waals surface area contributed by atoms with Crippen LogP contribution in [-0.4, -0.2) is 39.8 Å². The molecule has 1 rings (SSSR count). The summed E-state index contributed by atoms with van der Waals surface area (Å²) in [7, 11) is 0. The minimum absolute atomic E-state index is 0.206. The van der Waals surface area contributed by atoms with Crippen molar-refractivity contribution in [1.82, 2.24) is 4.90 Å². The molecule has 18 heavy (non-hydrogen) atoms. The van der Waals surface area contributed by atoms with Gasteiger partial charge in [0, 0.05) is 12.5 Å². The van der Waals surface area contributed by atoms with Gasteiger partial charge < -0.3 is 9.84 Å². The number of aliphatic carboxylic acids is 1. The normalized spacial score (nSPS) is 26.3. The van der Waals surface area contributed by atoms with Crippen molar-refractivity contribution in [3.63, 3.8) is 0 Å². The van der Waals surface area contributed by atoms with E-state index in [2.05, 4.69) is 6.58 Å². The summed E-state index contributed by atoms with van der Waals surface area (Å²) in [5.41, 5.74) is -1.80. The molecule has 0 heterocycles. The second-order valence-corrected chi connectivity index (χ2v) is 5.50. The molecule has 0 aromatic heterocycles. The summed E-state index contributed by atoms with van der Waals surface area (Å²) < 4.78 is 5.25. The molecule has 1 fully saturated rings. The third-order valence-electron chi connectivity index (χ3n) is 3.05. The summed E-state index contributed by atoms with van der Waals surface area (Å²) in [4.78, 5) is 24.8. The Balaban J connectivity index is 2.93. The summed E-state index contributed by atoms with van der Waals surface area (Å²) in [6.45, 7) is 10.9. The lowest BCUT2D eigenvalue weighted by atomic mass is 10.1. The Morgan fingerprint density at radius 3 is 2.39 bits per heavy atom. The second kappa shape index (κ2) is 4.63. The smallest absolute Gasteiger partial charge is 0.411 e. The third-order valence-corrected chi connectivity index (χ3v) is 3.05. The van der Waals surface area contributed by atoms with Gasteiger partial charge in [-0.1, -0.05) is 6.08 Å². The van der Waals surface area contributed by atoms with Gasteiger partial charge in [0.1, 0.15) is 5.60 Å². The molecule has 0 aromatic rings. The Hall–Kier alpha value is -1.52. The van der Waals surface area contributed by atoms with E-state index in [9.17, 15) is 14.7 Å². The van der Waals surface area contributed by atoms with Gasteiger partial charge in [0.15, 0.2) is 5.54 Å². The van der Waals surface area contributed by atoms with E-state index in [4.69, 9.17) is 4.74 Å². The van der Waals surface area contributed by atoms with Gasteiger partial charge >= 0.3 is 12.1 Å². The van der Waals surface area contributed by atoms with Crippen molar-refractivity contribution in [2.45, 2.75) is 45.3 Å². The Bertz CT molecular complexity index is 372. The van der Waals surface area contributed by atoms with Gasteiger partial charge in [0.2, 0.25) is 0 Å². The summed E-state index contributed by atoms with van der Waals surface area (Å²) >= 11 is 0. The number of rotatable bonds is 4. The van der Waals surface area contributed by atoms with Crippen LogP contribution in [0.25, 0.3) is 0 Å². The number of amides is 1. The van der Waals surface area contributed by atoms with Crippen LogP contribution in [0, 0.1) is 5.92 Å². The van der Waals surface area contributed by atoms with E-state index in [1.807, 2.05) is 0 Å². The number of carboxylic acid groups (broad SMARTS) is 1. The fourth-order valence-electron chi connectivity index (χ4n) is 2.12. The van der Waals surface area contributed by atoms with Crippen LogP contribution in [0.15, 0.2) is 12.7 Å². The first-order valence-electron chi connectivity index (χ1n) is 6.05. The van der Waals surface area contributed by atoms with Crippen LogP contribution < -0.4 is 0 Å². The molecule has 102 valence electrons. The van der Waals surface area contributed by atoms with Crippen molar-refractivity contribution in [2.75, 3.05) is 6.54 Å². The Morgan fingerprint density at radius 1 is 1.56 bits per heavy atom. The van der Waals surface area contributed by atoms with Gasteiger partial charge in [-0.15, -0.1) is 6.58 Å². The maximum atomic E-state index is 12.0. The molecule has 1 amide bonds. The van der Waals surface area contributed by atoms with Crippen LogP contribution in [0.3, 0.4) is 0 Å². The first-order chi connectivity index (χ1) is 8.19. The number of hydrogen-bond donors (Lipinski definition) is 1. The van der Waals surface area contributed by atoms with Crippen molar-refractivity contribution in [1.29, 1.82) is 0 Å². The fraction of sp³-hybridized carbons (Fsp3) is 0.692. The van der Waals surface area contributed by atoms with Gasteiger partial charge in [-0.2, -0.15) is 0 Å². The SMILES string of the molecule is C=CC1CC1(C(=O)O)N(CC)C(=O)OC(C)(C)C. The first-order valence-corrected chi connectivity index (χ1v) is 6.05. The molecule has 5 nitrogen and oxygen atoms in total. The Labute approximate surface area is 107 Å². The number of carbonyl (C=O) groups is 2. The van der Waals surface area contributed by atoms with Gasteiger partial charge in [-0.3, -0.25) is 4.90 Å². The van der Waals surface area contributed by atoms with Crippen LogP contribution in [0.2, 0.25) is 0 Å². The molecule has 0 radical (unpaired) electrons. The molecule has 0 spiro atoms. The van der Waals surface area contributed by atoms with Crippen molar-refractivity contribution < 1.29 is 19.4 Å². The minimum Gasteiger partial charge on any atom is -0.479 e. The lowest BCUT2D eigenvalue weighted by Crippen LogP contribution is -2.50. The lowest BCUT2D eigenvalue weighted by Gasteiger charge is -2.31. The van der Waals surface area contributed by atoms with Gasteiger partial charge in [0.25, 0.3) is 0 Å². The zero-order chi connectivity index (χ0) is 14.1. The van der Waals surface area contributed by atoms with E-state index < -0.39 is 23.2 Å². The van der Waals surface area contributed by atoms with Crippen LogP contribution in [-0.2, 0) is 9.53 Å². The van der Waals surface area contributed by atoms with Crippen molar-refractivity contribution in [3.8, 4) is 0 Å². The molecule has 2 atom stereocenters. The highest BCUT2D eigenvalue weighted by Crippen LogP contribution is 2.49. The van der Waals surface area contributed by atoms with E-state index in [0.717, 1.165) is 0 Å². The molecular weight excluding hydrogens is 234 g/mol. The predicted molar refractivity (Wildman–Crippen MR) is 67.3 cm³/mol. The molecular formula is C13H21NO4. The van der Waals surface area contributed by atoms with E-state index in [1.165, 1.54) is 4.90 Å². The van der Waals surface area contributed by atoms with Crippen molar-refractivity contribution in [3.05, 3.63) is 12.7 Å². The number of nitrogens with zero attached hydrogens (tertiary/aromatic N) is 1. The lowest BCUT2D eigenvalue weighted by molar-refractivity contribution is -0.145. The maximum absolute atomic E-state index is 12.0. The molecule has 5 heteroatoms. The molecule has 1 N–H and O–H groups in total. The summed E-state index contributed by atoms with van der Waals surface area (Å²) in [6.07, 6.45) is 1.40. The monoisotopic (exact) mass is 255 g/mol. The highest BCUT2D eigenvalue weighted by molar-refractivity contribution is 5.88. The van der Waals surface area contributed by atoms with E-state index in [0.29, 0.717) is 13.0 Å². The van der Waals surface area contributed by atoms with E-state index in [1.54, 1.807) is 33.8 Å². The number of ether oxygens (including phenoxy) is 1. The number of carbonyl (C=O) groups excluding carboxylic acids is 1. The molecule has 2 unspecified atom stereocenters. The number of likely N-dealkylation sites (N-methyl/N-ethyl adjacent to an activating group) is 1. The van der Waals surface area contributed by atoms with Crippen LogP contribution in [0.5, 0.6) is 0 Å². The quantitative estimate of drug-likeness (QED) is 0.782. The molecule has 0 bridgehead atoms. The summed E-state index contributed by atoms with van der Waals surface area (Å²) in [5, 5.41) is 9.36. The molecule has 0 aromatic carbocycles. The fourth-order valence-corrected chi connectivity index (χ4v) is 2.12. The first kappa shape index (κ1) is 14.5. The van der Waals surface area contributed by atoms with E-state index >= 15 is 0 Å². The Kier molecular flexibility index (Phi) is 3.74. The zero-order valence-corrected chi connectivity index (χ0v) is 11.4. The Morgan fingerprint density at radius 2 is 2.11 bits per heavy atom. The minimum atomic E-state index is -1.17. The largest absolute Gasteiger partial charge is 0.479 e. The molecule has 0 aliphatic heterocycles. The van der Waals surface area contributed by atoms with Crippen molar-refractivity contribution in [2.24, 2.45) is 5.92 Å². The van der Waals surface area contributed by atoms with Crippen LogP contribution >= 0.6 is 0 Å². The van der Waals surface area contributed by atoms with Gasteiger partial charge in [0.05, 0.1) is 0 Å². The van der Waals surface area contributed by atoms with Gasteiger partial charge in [-0.05, 0) is 34.1 Å². The number of carboxylic acids is 1. The third kappa shape index (κ3) is 2.49. The van der Waals surface area contributed by atoms with Crippen LogP contribution in [0.1, 0.15) is 34.1 Å². The maximum Gasteiger partial charge on any atom is 0.411 e. The topological polar surface area (TPSA) is 66.8 Å². The number of hydrogen-bond acceptors (Lipinski definition) is 3. The molecule has 0 saturated heterocycles. The summed E-state index contributed by atoms with van der Waals surface area (Å²) in [5.74, 6) is -1.21. The highest BCUT2D eigenvalue weighted by Gasteiger charge is 2.64.